The van der Waals surface area contributed by atoms with Crippen LogP contribution in [0.25, 0.3) is 0 Å². The molecule has 4 nitrogen and oxygen atoms in total. The van der Waals surface area contributed by atoms with Gasteiger partial charge >= 0.3 is 0 Å². The van der Waals surface area contributed by atoms with Crippen molar-refractivity contribution in [3.8, 4) is 0 Å². The van der Waals surface area contributed by atoms with E-state index in [-0.39, 0.29) is 0 Å². The van der Waals surface area contributed by atoms with Gasteiger partial charge in [-0.1, -0.05) is 0 Å². The average Bonchev–Trinajstić information content (AvgIpc) is 2.94. The molecular weight excluding hydrogens is 236 g/mol. The number of aryl methyl sites for hydroxylation is 1. The third kappa shape index (κ3) is 2.84. The zero-order valence-corrected chi connectivity index (χ0v) is 11.1. The molecule has 4 heteroatoms. The Balaban J connectivity index is 1.72. The van der Waals surface area contributed by atoms with Gasteiger partial charge in [-0.25, -0.2) is 9.97 Å². The molecule has 1 aliphatic rings. The van der Waals surface area contributed by atoms with Crippen LogP contribution in [0.2, 0.25) is 0 Å². The molecule has 0 amide bonds. The van der Waals surface area contributed by atoms with Crippen LogP contribution in [-0.4, -0.2) is 23.1 Å². The van der Waals surface area contributed by atoms with Crippen molar-refractivity contribution < 1.29 is 0 Å². The van der Waals surface area contributed by atoms with Crippen molar-refractivity contribution in [2.75, 3.05) is 23.3 Å². The summed E-state index contributed by atoms with van der Waals surface area (Å²) in [5.41, 5.74) is 3.33. The molecule has 1 N–H and O–H groups in total. The second-order valence-corrected chi connectivity index (χ2v) is 4.91. The van der Waals surface area contributed by atoms with E-state index in [1.807, 2.05) is 13.0 Å². The minimum absolute atomic E-state index is 0.835. The predicted octanol–water partition coefficient (Wildman–Crippen LogP) is 3.13. The normalized spacial score (nSPS) is 14.7. The van der Waals surface area contributed by atoms with Gasteiger partial charge in [0, 0.05) is 36.2 Å². The third-order valence-electron chi connectivity index (χ3n) is 3.41. The molecule has 0 unspecified atom stereocenters. The Morgan fingerprint density at radius 3 is 2.47 bits per heavy atom. The largest absolute Gasteiger partial charge is 0.372 e. The van der Waals surface area contributed by atoms with E-state index in [1.165, 1.54) is 31.6 Å². The fraction of sp³-hybridized carbons (Fsp3) is 0.333. The summed E-state index contributed by atoms with van der Waals surface area (Å²) in [6.45, 7) is 4.32. The number of benzene rings is 1. The van der Waals surface area contributed by atoms with Gasteiger partial charge in [-0.05, 0) is 44.0 Å². The zero-order valence-electron chi connectivity index (χ0n) is 11.1. The molecule has 0 bridgehead atoms. The maximum absolute atomic E-state index is 4.20. The van der Waals surface area contributed by atoms with E-state index in [0.29, 0.717) is 0 Å². The number of aromatic nitrogens is 2. The summed E-state index contributed by atoms with van der Waals surface area (Å²) in [6, 6.07) is 10.5. The first-order valence-electron chi connectivity index (χ1n) is 6.72. The van der Waals surface area contributed by atoms with Crippen molar-refractivity contribution in [1.82, 2.24) is 9.97 Å². The Bertz CT molecular complexity index is 544. The van der Waals surface area contributed by atoms with Gasteiger partial charge in [0.15, 0.2) is 0 Å². The molecule has 1 aromatic heterocycles. The molecule has 1 saturated heterocycles. The van der Waals surface area contributed by atoms with Crippen molar-refractivity contribution in [3.63, 3.8) is 0 Å². The second kappa shape index (κ2) is 5.26. The van der Waals surface area contributed by atoms with Gasteiger partial charge in [-0.2, -0.15) is 0 Å². The van der Waals surface area contributed by atoms with Gasteiger partial charge in [0.25, 0.3) is 0 Å². The molecule has 0 aliphatic carbocycles. The van der Waals surface area contributed by atoms with E-state index in [2.05, 4.69) is 44.5 Å². The number of anilines is 3. The van der Waals surface area contributed by atoms with Crippen LogP contribution in [0.4, 0.5) is 17.2 Å². The highest BCUT2D eigenvalue weighted by Gasteiger charge is 2.11. The van der Waals surface area contributed by atoms with Crippen molar-refractivity contribution >= 4 is 17.2 Å². The molecule has 0 radical (unpaired) electrons. The SMILES string of the molecule is Cc1cc(Nc2ccc(N3CCCC3)cc2)ncn1. The molecule has 1 fully saturated rings. The Labute approximate surface area is 113 Å². The van der Waals surface area contributed by atoms with Crippen LogP contribution in [0.15, 0.2) is 36.7 Å². The molecule has 2 heterocycles. The number of hydrogen-bond acceptors (Lipinski definition) is 4. The van der Waals surface area contributed by atoms with Crippen LogP contribution in [0.3, 0.4) is 0 Å². The molecule has 1 aromatic carbocycles. The van der Waals surface area contributed by atoms with Gasteiger partial charge < -0.3 is 10.2 Å². The smallest absolute Gasteiger partial charge is 0.133 e. The van der Waals surface area contributed by atoms with E-state index in [4.69, 9.17) is 0 Å². The van der Waals surface area contributed by atoms with Gasteiger partial charge in [0.05, 0.1) is 0 Å². The molecule has 3 rings (SSSR count). The van der Waals surface area contributed by atoms with Crippen LogP contribution in [0, 0.1) is 6.92 Å². The molecule has 19 heavy (non-hydrogen) atoms. The van der Waals surface area contributed by atoms with Gasteiger partial charge in [-0.15, -0.1) is 0 Å². The summed E-state index contributed by atoms with van der Waals surface area (Å²) in [4.78, 5) is 10.7. The number of nitrogens with one attached hydrogen (secondary N) is 1. The molecular formula is C15H18N4. The highest BCUT2D eigenvalue weighted by molar-refractivity contribution is 5.60. The Morgan fingerprint density at radius 2 is 1.79 bits per heavy atom. The Hall–Kier alpha value is -2.10. The summed E-state index contributed by atoms with van der Waals surface area (Å²) < 4.78 is 0. The second-order valence-electron chi connectivity index (χ2n) is 4.91. The summed E-state index contributed by atoms with van der Waals surface area (Å²) in [5.74, 6) is 0.835. The number of nitrogens with zero attached hydrogens (tertiary/aromatic N) is 3. The first-order chi connectivity index (χ1) is 9.31. The van der Waals surface area contributed by atoms with E-state index in [1.54, 1.807) is 6.33 Å². The van der Waals surface area contributed by atoms with Crippen molar-refractivity contribution in [3.05, 3.63) is 42.4 Å². The van der Waals surface area contributed by atoms with Crippen molar-refractivity contribution in [2.45, 2.75) is 19.8 Å². The van der Waals surface area contributed by atoms with E-state index in [0.717, 1.165) is 17.2 Å². The van der Waals surface area contributed by atoms with Crippen LogP contribution in [0.1, 0.15) is 18.5 Å². The molecule has 98 valence electrons. The van der Waals surface area contributed by atoms with Gasteiger partial charge in [0.2, 0.25) is 0 Å². The van der Waals surface area contributed by atoms with E-state index < -0.39 is 0 Å². The van der Waals surface area contributed by atoms with Gasteiger partial charge in [-0.3, -0.25) is 0 Å². The highest BCUT2D eigenvalue weighted by Crippen LogP contribution is 2.23. The summed E-state index contributed by atoms with van der Waals surface area (Å²) in [5, 5.41) is 3.29. The van der Waals surface area contributed by atoms with Gasteiger partial charge in [0.1, 0.15) is 12.1 Å². The summed E-state index contributed by atoms with van der Waals surface area (Å²) >= 11 is 0. The first kappa shape index (κ1) is 12.0. The lowest BCUT2D eigenvalue weighted by Gasteiger charge is -2.17. The Kier molecular flexibility index (Phi) is 3.31. The first-order valence-corrected chi connectivity index (χ1v) is 6.72. The average molecular weight is 254 g/mol. The fourth-order valence-electron chi connectivity index (χ4n) is 2.40. The summed E-state index contributed by atoms with van der Waals surface area (Å²) in [7, 11) is 0. The molecule has 1 aliphatic heterocycles. The van der Waals surface area contributed by atoms with Crippen LogP contribution < -0.4 is 10.2 Å². The highest BCUT2D eigenvalue weighted by atomic mass is 15.1. The third-order valence-corrected chi connectivity index (χ3v) is 3.41. The molecule has 0 saturated carbocycles. The maximum atomic E-state index is 4.20. The van der Waals surface area contributed by atoms with Crippen molar-refractivity contribution in [2.24, 2.45) is 0 Å². The molecule has 2 aromatic rings. The zero-order chi connectivity index (χ0) is 13.1. The van der Waals surface area contributed by atoms with E-state index >= 15 is 0 Å². The quantitative estimate of drug-likeness (QED) is 0.913. The fourth-order valence-corrected chi connectivity index (χ4v) is 2.40. The Morgan fingerprint density at radius 1 is 1.05 bits per heavy atom. The van der Waals surface area contributed by atoms with Crippen LogP contribution in [0.5, 0.6) is 0 Å². The monoisotopic (exact) mass is 254 g/mol. The topological polar surface area (TPSA) is 41.0 Å². The molecule has 0 spiro atoms. The lowest BCUT2D eigenvalue weighted by molar-refractivity contribution is 0.949. The predicted molar refractivity (Wildman–Crippen MR) is 77.9 cm³/mol. The van der Waals surface area contributed by atoms with Crippen LogP contribution in [-0.2, 0) is 0 Å². The lowest BCUT2D eigenvalue weighted by Crippen LogP contribution is -2.17. The minimum atomic E-state index is 0.835. The lowest BCUT2D eigenvalue weighted by atomic mass is 10.2. The summed E-state index contributed by atoms with van der Waals surface area (Å²) in [6.07, 6.45) is 4.19. The van der Waals surface area contributed by atoms with Crippen molar-refractivity contribution in [1.29, 1.82) is 0 Å². The van der Waals surface area contributed by atoms with E-state index in [9.17, 15) is 0 Å². The standard InChI is InChI=1S/C15H18N4/c1-12-10-15(17-11-16-12)18-13-4-6-14(7-5-13)19-8-2-3-9-19/h4-7,10-11H,2-3,8-9H2,1H3,(H,16,17,18). The van der Waals surface area contributed by atoms with Crippen LogP contribution >= 0.6 is 0 Å². The number of hydrogen-bond donors (Lipinski definition) is 1. The minimum Gasteiger partial charge on any atom is -0.372 e. The number of rotatable bonds is 3. The molecule has 0 atom stereocenters. The maximum Gasteiger partial charge on any atom is 0.133 e.